The van der Waals surface area contributed by atoms with Crippen molar-refractivity contribution < 1.29 is 26.3 Å². The van der Waals surface area contributed by atoms with Gasteiger partial charge in [0.2, 0.25) is 0 Å². The van der Waals surface area contributed by atoms with Crippen molar-refractivity contribution in [3.63, 3.8) is 0 Å². The van der Waals surface area contributed by atoms with Crippen LogP contribution in [0.4, 0.5) is 18.9 Å². The predicted octanol–water partition coefficient (Wildman–Crippen LogP) is 4.80. The van der Waals surface area contributed by atoms with Gasteiger partial charge in [0.15, 0.2) is 0 Å². The number of hydrogen-bond donors (Lipinski definition) is 1. The molecule has 0 bridgehead atoms. The highest BCUT2D eigenvalue weighted by atomic mass is 79.9. The van der Waals surface area contributed by atoms with Gasteiger partial charge >= 0.3 is 6.36 Å². The minimum Gasteiger partial charge on any atom is -0.406 e. The lowest BCUT2D eigenvalue weighted by Crippen LogP contribution is -2.17. The maximum absolute atomic E-state index is 12.2. The first-order chi connectivity index (χ1) is 10.6. The Balaban J connectivity index is 2.22. The van der Waals surface area contributed by atoms with Gasteiger partial charge in [-0.25, -0.2) is 8.42 Å². The van der Waals surface area contributed by atoms with E-state index in [1.54, 1.807) is 6.07 Å². The minimum absolute atomic E-state index is 0.144. The molecule has 2 aromatic carbocycles. The van der Waals surface area contributed by atoms with Crippen molar-refractivity contribution in [1.82, 2.24) is 0 Å². The van der Waals surface area contributed by atoms with Crippen LogP contribution in [0.25, 0.3) is 0 Å². The fourth-order valence-electron chi connectivity index (χ4n) is 1.60. The van der Waals surface area contributed by atoms with Gasteiger partial charge in [-0.2, -0.15) is 0 Å². The normalized spacial score (nSPS) is 12.0. The number of nitrogens with one attached hydrogen (secondary N) is 1. The van der Waals surface area contributed by atoms with E-state index < -0.39 is 22.1 Å². The highest BCUT2D eigenvalue weighted by molar-refractivity contribution is 9.10. The molecule has 0 aromatic heterocycles. The quantitative estimate of drug-likeness (QED) is 0.758. The van der Waals surface area contributed by atoms with Crippen LogP contribution in [0.15, 0.2) is 51.8 Å². The molecule has 124 valence electrons. The molecular formula is C13H8BrClF3NO3S. The molecule has 0 atom stereocenters. The van der Waals surface area contributed by atoms with E-state index in [-0.39, 0.29) is 15.6 Å². The fourth-order valence-corrected chi connectivity index (χ4v) is 3.45. The monoisotopic (exact) mass is 429 g/mol. The second-order valence-corrected chi connectivity index (χ2v) is 7.25. The molecule has 0 amide bonds. The number of alkyl halides is 3. The Kier molecular flexibility index (Phi) is 5.12. The van der Waals surface area contributed by atoms with E-state index in [2.05, 4.69) is 25.4 Å². The molecule has 10 heteroatoms. The molecule has 0 heterocycles. The molecule has 0 radical (unpaired) electrons. The fraction of sp³-hybridized carbons (Fsp3) is 0.0769. The third-order valence-electron chi connectivity index (χ3n) is 2.54. The van der Waals surface area contributed by atoms with E-state index in [4.69, 9.17) is 11.6 Å². The van der Waals surface area contributed by atoms with Crippen molar-refractivity contribution in [3.8, 4) is 5.75 Å². The summed E-state index contributed by atoms with van der Waals surface area (Å²) >= 11 is 9.10. The van der Waals surface area contributed by atoms with Gasteiger partial charge < -0.3 is 4.74 Å². The highest BCUT2D eigenvalue weighted by Crippen LogP contribution is 2.29. The van der Waals surface area contributed by atoms with Crippen LogP contribution in [0.3, 0.4) is 0 Å². The van der Waals surface area contributed by atoms with Gasteiger partial charge in [0, 0.05) is 4.47 Å². The van der Waals surface area contributed by atoms with Crippen molar-refractivity contribution in [1.29, 1.82) is 0 Å². The van der Waals surface area contributed by atoms with Gasteiger partial charge in [0.1, 0.15) is 5.75 Å². The number of hydrogen-bond acceptors (Lipinski definition) is 3. The molecule has 0 saturated heterocycles. The van der Waals surface area contributed by atoms with E-state index in [1.807, 2.05) is 0 Å². The molecule has 1 N–H and O–H groups in total. The van der Waals surface area contributed by atoms with Crippen molar-refractivity contribution in [3.05, 3.63) is 52.0 Å². The van der Waals surface area contributed by atoms with Crippen molar-refractivity contribution in [2.24, 2.45) is 0 Å². The van der Waals surface area contributed by atoms with Crippen molar-refractivity contribution in [2.75, 3.05) is 4.72 Å². The molecule has 2 rings (SSSR count). The van der Waals surface area contributed by atoms with Gasteiger partial charge in [0.25, 0.3) is 10.0 Å². The second kappa shape index (κ2) is 6.58. The lowest BCUT2D eigenvalue weighted by Gasteiger charge is -2.11. The Labute approximate surface area is 143 Å². The summed E-state index contributed by atoms with van der Waals surface area (Å²) in [6, 6.07) is 8.34. The molecule has 0 saturated carbocycles. The molecule has 0 fully saturated rings. The topological polar surface area (TPSA) is 55.4 Å². The van der Waals surface area contributed by atoms with Gasteiger partial charge in [-0.05, 0) is 42.5 Å². The standard InChI is InChI=1S/C13H8BrClF3NO3S/c14-8-1-6-12(11(15)7-8)19-23(20,21)10-4-2-9(3-5-10)22-13(16,17)18/h1-7,19H. The first-order valence-corrected chi connectivity index (χ1v) is 8.56. The van der Waals surface area contributed by atoms with E-state index in [0.29, 0.717) is 4.47 Å². The van der Waals surface area contributed by atoms with Crippen LogP contribution in [-0.4, -0.2) is 14.8 Å². The van der Waals surface area contributed by atoms with Crippen LogP contribution < -0.4 is 9.46 Å². The van der Waals surface area contributed by atoms with E-state index >= 15 is 0 Å². The third kappa shape index (κ3) is 5.02. The molecular weight excluding hydrogens is 423 g/mol. The summed E-state index contributed by atoms with van der Waals surface area (Å²) in [5.41, 5.74) is 0.144. The molecule has 0 spiro atoms. The zero-order valence-electron chi connectivity index (χ0n) is 11.1. The van der Waals surface area contributed by atoms with Gasteiger partial charge in [-0.1, -0.05) is 27.5 Å². The lowest BCUT2D eigenvalue weighted by atomic mass is 10.3. The summed E-state index contributed by atoms with van der Waals surface area (Å²) in [5, 5.41) is 0.167. The summed E-state index contributed by atoms with van der Waals surface area (Å²) < 4.78 is 67.2. The zero-order valence-corrected chi connectivity index (χ0v) is 14.2. The number of ether oxygens (including phenoxy) is 1. The van der Waals surface area contributed by atoms with Crippen LogP contribution in [0, 0.1) is 0 Å². The molecule has 0 unspecified atom stereocenters. The Morgan fingerprint density at radius 2 is 1.70 bits per heavy atom. The van der Waals surface area contributed by atoms with Crippen LogP contribution in [0.2, 0.25) is 5.02 Å². The van der Waals surface area contributed by atoms with Crippen LogP contribution in [0.1, 0.15) is 0 Å². The Hall–Kier alpha value is -1.45. The summed E-state index contributed by atoms with van der Waals surface area (Å²) in [4.78, 5) is -0.231. The average molecular weight is 431 g/mol. The number of benzene rings is 2. The largest absolute Gasteiger partial charge is 0.573 e. The molecule has 0 aliphatic heterocycles. The van der Waals surface area contributed by atoms with Crippen LogP contribution in [0.5, 0.6) is 5.75 Å². The first-order valence-electron chi connectivity index (χ1n) is 5.90. The maximum Gasteiger partial charge on any atom is 0.573 e. The van der Waals surface area contributed by atoms with Gasteiger partial charge in [-0.3, -0.25) is 4.72 Å². The summed E-state index contributed by atoms with van der Waals surface area (Å²) in [5.74, 6) is -0.516. The zero-order chi connectivity index (χ0) is 17.3. The van der Waals surface area contributed by atoms with Gasteiger partial charge in [0.05, 0.1) is 15.6 Å². The second-order valence-electron chi connectivity index (χ2n) is 4.25. The van der Waals surface area contributed by atoms with Gasteiger partial charge in [-0.15, -0.1) is 13.2 Å². The molecule has 0 aliphatic rings. The first kappa shape index (κ1) is 17.9. The minimum atomic E-state index is -4.84. The summed E-state index contributed by atoms with van der Waals surface area (Å²) in [7, 11) is -4.00. The Morgan fingerprint density at radius 3 is 2.22 bits per heavy atom. The molecule has 4 nitrogen and oxygen atoms in total. The van der Waals surface area contributed by atoms with Crippen LogP contribution in [-0.2, 0) is 10.0 Å². The molecule has 2 aromatic rings. The van der Waals surface area contributed by atoms with E-state index in [9.17, 15) is 21.6 Å². The smallest absolute Gasteiger partial charge is 0.406 e. The van der Waals surface area contributed by atoms with E-state index in [0.717, 1.165) is 24.3 Å². The molecule has 23 heavy (non-hydrogen) atoms. The third-order valence-corrected chi connectivity index (χ3v) is 4.73. The van der Waals surface area contributed by atoms with Crippen molar-refractivity contribution >= 4 is 43.2 Å². The molecule has 0 aliphatic carbocycles. The highest BCUT2D eigenvalue weighted by Gasteiger charge is 2.31. The lowest BCUT2D eigenvalue weighted by molar-refractivity contribution is -0.274. The number of halogens is 5. The van der Waals surface area contributed by atoms with Crippen molar-refractivity contribution in [2.45, 2.75) is 11.3 Å². The number of rotatable bonds is 4. The number of anilines is 1. The van der Waals surface area contributed by atoms with E-state index in [1.165, 1.54) is 12.1 Å². The Bertz CT molecular complexity index is 810. The SMILES string of the molecule is O=S(=O)(Nc1ccc(Br)cc1Cl)c1ccc(OC(F)(F)F)cc1. The summed E-state index contributed by atoms with van der Waals surface area (Å²) in [6.07, 6.45) is -4.84. The maximum atomic E-state index is 12.2. The number of sulfonamides is 1. The Morgan fingerprint density at radius 1 is 1.09 bits per heavy atom. The summed E-state index contributed by atoms with van der Waals surface area (Å²) in [6.45, 7) is 0. The average Bonchev–Trinajstić information content (AvgIpc) is 2.41. The van der Waals surface area contributed by atoms with Crippen LogP contribution >= 0.6 is 27.5 Å². The predicted molar refractivity (Wildman–Crippen MR) is 83.1 cm³/mol.